The van der Waals surface area contributed by atoms with E-state index in [1.165, 1.54) is 12.1 Å². The number of allylic oxidation sites excluding steroid dienone is 1. The predicted molar refractivity (Wildman–Crippen MR) is 122 cm³/mol. The van der Waals surface area contributed by atoms with Gasteiger partial charge in [0.2, 0.25) is 5.89 Å². The molecule has 7 heteroatoms. The lowest BCUT2D eigenvalue weighted by Crippen LogP contribution is -1.86. The third-order valence-electron chi connectivity index (χ3n) is 4.16. The van der Waals surface area contributed by atoms with E-state index in [-0.39, 0.29) is 5.69 Å². The van der Waals surface area contributed by atoms with Crippen molar-refractivity contribution in [3.8, 4) is 11.5 Å². The van der Waals surface area contributed by atoms with Gasteiger partial charge in [-0.3, -0.25) is 15.1 Å². The molecule has 4 aromatic rings. The second-order valence-corrected chi connectivity index (χ2v) is 7.41. The van der Waals surface area contributed by atoms with Crippen molar-refractivity contribution in [3.63, 3.8) is 0 Å². The Kier molecular flexibility index (Phi) is 5.48. The molecule has 0 atom stereocenters. The van der Waals surface area contributed by atoms with Gasteiger partial charge in [0.25, 0.3) is 5.69 Å². The maximum Gasteiger partial charge on any atom is 0.269 e. The van der Waals surface area contributed by atoms with E-state index in [2.05, 4.69) is 32.6 Å². The Bertz CT molecular complexity index is 1230. The van der Waals surface area contributed by atoms with Crippen molar-refractivity contribution in [2.75, 3.05) is 0 Å². The minimum absolute atomic E-state index is 0.0707. The summed E-state index contributed by atoms with van der Waals surface area (Å²) in [7, 11) is 0. The number of halogens is 1. The zero-order chi connectivity index (χ0) is 20.2. The monoisotopic (exact) mass is 495 g/mol. The van der Waals surface area contributed by atoms with Gasteiger partial charge in [0.15, 0.2) is 5.58 Å². The fourth-order valence-corrected chi connectivity index (χ4v) is 3.06. The van der Waals surface area contributed by atoms with E-state index in [9.17, 15) is 10.1 Å². The highest BCUT2D eigenvalue weighted by Gasteiger charge is 2.08. The van der Waals surface area contributed by atoms with Crippen LogP contribution in [0.25, 0.3) is 28.6 Å². The van der Waals surface area contributed by atoms with Crippen molar-refractivity contribution in [2.45, 2.75) is 0 Å². The van der Waals surface area contributed by atoms with Crippen LogP contribution < -0.4 is 0 Å². The zero-order valence-corrected chi connectivity index (χ0v) is 17.2. The van der Waals surface area contributed by atoms with Crippen LogP contribution >= 0.6 is 22.6 Å². The molecular weight excluding hydrogens is 481 g/mol. The van der Waals surface area contributed by atoms with Crippen LogP contribution in [0.15, 0.2) is 82.2 Å². The molecule has 0 amide bonds. The van der Waals surface area contributed by atoms with E-state index in [1.54, 1.807) is 24.4 Å². The number of nitrogens with zero attached hydrogens (tertiary/aromatic N) is 3. The van der Waals surface area contributed by atoms with Crippen molar-refractivity contribution >= 4 is 57.4 Å². The first kappa shape index (κ1) is 19.0. The number of nitro benzene ring substituents is 1. The number of aliphatic imine (C=N–C) groups is 1. The van der Waals surface area contributed by atoms with E-state index < -0.39 is 4.92 Å². The Morgan fingerprint density at radius 1 is 1.03 bits per heavy atom. The van der Waals surface area contributed by atoms with Crippen molar-refractivity contribution in [2.24, 2.45) is 4.99 Å². The number of nitro groups is 1. The van der Waals surface area contributed by atoms with Crippen molar-refractivity contribution in [1.82, 2.24) is 4.98 Å². The van der Waals surface area contributed by atoms with E-state index in [0.717, 1.165) is 25.9 Å². The third-order valence-corrected chi connectivity index (χ3v) is 4.88. The third kappa shape index (κ3) is 4.57. The lowest BCUT2D eigenvalue weighted by molar-refractivity contribution is -0.384. The molecule has 6 nitrogen and oxygen atoms in total. The van der Waals surface area contributed by atoms with Crippen LogP contribution in [0, 0.1) is 13.7 Å². The SMILES string of the molecule is O=[N+]([O-])c1ccc(/C=C\C=Nc2ccc3oc(-c4ccc(I)cc4)nc3c2)cc1. The van der Waals surface area contributed by atoms with Gasteiger partial charge in [-0.05, 0) is 88.8 Å². The maximum absolute atomic E-state index is 10.7. The van der Waals surface area contributed by atoms with Crippen LogP contribution in [0.1, 0.15) is 5.56 Å². The number of aromatic nitrogens is 1. The first-order chi connectivity index (χ1) is 14.1. The Labute approximate surface area is 179 Å². The number of rotatable bonds is 5. The van der Waals surface area contributed by atoms with Gasteiger partial charge in [-0.25, -0.2) is 4.98 Å². The molecule has 0 aliphatic heterocycles. The van der Waals surface area contributed by atoms with Crippen LogP contribution in [0.3, 0.4) is 0 Å². The Balaban J connectivity index is 1.49. The molecule has 0 bridgehead atoms. The Morgan fingerprint density at radius 2 is 1.79 bits per heavy atom. The summed E-state index contributed by atoms with van der Waals surface area (Å²) < 4.78 is 6.99. The number of fused-ring (bicyclic) bond motifs is 1. The Hall–Kier alpha value is -3.33. The van der Waals surface area contributed by atoms with Gasteiger partial charge in [0, 0.05) is 27.5 Å². The number of hydrogen-bond acceptors (Lipinski definition) is 5. The largest absolute Gasteiger partial charge is 0.436 e. The van der Waals surface area contributed by atoms with E-state index in [0.29, 0.717) is 11.5 Å². The quantitative estimate of drug-likeness (QED) is 0.138. The topological polar surface area (TPSA) is 81.5 Å². The molecule has 142 valence electrons. The highest BCUT2D eigenvalue weighted by Crippen LogP contribution is 2.27. The summed E-state index contributed by atoms with van der Waals surface area (Å²) in [6, 6.07) is 19.9. The molecule has 1 aromatic heterocycles. The van der Waals surface area contributed by atoms with Crippen LogP contribution in [-0.4, -0.2) is 16.1 Å². The van der Waals surface area contributed by atoms with E-state index in [1.807, 2.05) is 48.5 Å². The van der Waals surface area contributed by atoms with E-state index in [4.69, 9.17) is 4.42 Å². The Morgan fingerprint density at radius 3 is 2.52 bits per heavy atom. The van der Waals surface area contributed by atoms with Crippen molar-refractivity contribution < 1.29 is 9.34 Å². The fraction of sp³-hybridized carbons (Fsp3) is 0. The van der Waals surface area contributed by atoms with Gasteiger partial charge in [-0.15, -0.1) is 0 Å². The number of hydrogen-bond donors (Lipinski definition) is 0. The van der Waals surface area contributed by atoms with Crippen molar-refractivity contribution in [3.05, 3.63) is 92.1 Å². The molecular formula is C22H14IN3O3. The number of benzene rings is 3. The average Bonchev–Trinajstić information content (AvgIpc) is 3.15. The van der Waals surface area contributed by atoms with Gasteiger partial charge >= 0.3 is 0 Å². The molecule has 0 unspecified atom stereocenters. The van der Waals surface area contributed by atoms with Crippen LogP contribution in [0.5, 0.6) is 0 Å². The second-order valence-electron chi connectivity index (χ2n) is 6.16. The minimum Gasteiger partial charge on any atom is -0.436 e. The number of non-ortho nitro benzene ring substituents is 1. The summed E-state index contributed by atoms with van der Waals surface area (Å²) in [5, 5.41) is 10.7. The van der Waals surface area contributed by atoms with Crippen LogP contribution in [0.2, 0.25) is 0 Å². The molecule has 0 saturated carbocycles. The molecule has 4 rings (SSSR count). The van der Waals surface area contributed by atoms with Crippen LogP contribution in [-0.2, 0) is 0 Å². The molecule has 3 aromatic carbocycles. The van der Waals surface area contributed by atoms with Gasteiger partial charge in [0.05, 0.1) is 10.6 Å². The maximum atomic E-state index is 10.7. The lowest BCUT2D eigenvalue weighted by atomic mass is 10.2. The molecule has 0 N–H and O–H groups in total. The smallest absolute Gasteiger partial charge is 0.269 e. The van der Waals surface area contributed by atoms with Gasteiger partial charge in [-0.2, -0.15) is 0 Å². The van der Waals surface area contributed by atoms with E-state index >= 15 is 0 Å². The first-order valence-electron chi connectivity index (χ1n) is 8.70. The average molecular weight is 495 g/mol. The molecule has 0 saturated heterocycles. The number of oxazole rings is 1. The molecule has 1 heterocycles. The molecule has 0 radical (unpaired) electrons. The minimum atomic E-state index is -0.418. The van der Waals surface area contributed by atoms with Crippen molar-refractivity contribution in [1.29, 1.82) is 0 Å². The van der Waals surface area contributed by atoms with Gasteiger partial charge in [0.1, 0.15) is 5.52 Å². The normalized spacial score (nSPS) is 11.6. The van der Waals surface area contributed by atoms with Gasteiger partial charge in [-0.1, -0.05) is 6.08 Å². The fourth-order valence-electron chi connectivity index (χ4n) is 2.70. The molecule has 29 heavy (non-hydrogen) atoms. The first-order valence-corrected chi connectivity index (χ1v) is 9.78. The summed E-state index contributed by atoms with van der Waals surface area (Å²) in [6.07, 6.45) is 5.28. The second kappa shape index (κ2) is 8.36. The lowest BCUT2D eigenvalue weighted by Gasteiger charge is -1.94. The summed E-state index contributed by atoms with van der Waals surface area (Å²) in [5.41, 5.74) is 4.06. The summed E-state index contributed by atoms with van der Waals surface area (Å²) in [6.45, 7) is 0. The van der Waals surface area contributed by atoms with Crippen LogP contribution in [0.4, 0.5) is 11.4 Å². The highest BCUT2D eigenvalue weighted by molar-refractivity contribution is 14.1. The molecule has 0 aliphatic rings. The highest BCUT2D eigenvalue weighted by atomic mass is 127. The molecule has 0 fully saturated rings. The predicted octanol–water partition coefficient (Wildman–Crippen LogP) is 6.42. The summed E-state index contributed by atoms with van der Waals surface area (Å²) in [4.78, 5) is 19.2. The summed E-state index contributed by atoms with van der Waals surface area (Å²) >= 11 is 2.26. The summed E-state index contributed by atoms with van der Waals surface area (Å²) in [5.74, 6) is 0.579. The molecule has 0 aliphatic carbocycles. The zero-order valence-electron chi connectivity index (χ0n) is 15.0. The van der Waals surface area contributed by atoms with Gasteiger partial charge < -0.3 is 4.42 Å². The standard InChI is InChI=1S/C22H14IN3O3/c23-17-7-5-16(6-8-17)22-25-20-14-18(9-12-21(20)29-22)24-13-1-2-15-3-10-19(11-4-15)26(27)28/h1-14H/b2-1-,24-13?. The molecule has 0 spiro atoms.